The van der Waals surface area contributed by atoms with Crippen LogP contribution in [-0.2, 0) is 11.3 Å². The van der Waals surface area contributed by atoms with Gasteiger partial charge in [0, 0.05) is 24.0 Å². The van der Waals surface area contributed by atoms with Crippen LogP contribution in [0.15, 0.2) is 54.9 Å². The minimum atomic E-state index is -0.878. The fraction of sp³-hybridized carbons (Fsp3) is 0.278. The smallest absolute Gasteiger partial charge is 0.308 e. The van der Waals surface area contributed by atoms with E-state index in [1.807, 2.05) is 42.6 Å². The lowest BCUT2D eigenvalue weighted by atomic mass is 9.89. The van der Waals surface area contributed by atoms with Crippen molar-refractivity contribution >= 4 is 11.9 Å². The molecular formula is C18H19N3O3. The molecule has 1 heterocycles. The molecule has 2 N–H and O–H groups in total. The minimum Gasteiger partial charge on any atom is -0.481 e. The largest absolute Gasteiger partial charge is 0.481 e. The van der Waals surface area contributed by atoms with Gasteiger partial charge < -0.3 is 10.4 Å². The van der Waals surface area contributed by atoms with Gasteiger partial charge in [0.1, 0.15) is 0 Å². The Balaban J connectivity index is 1.70. The van der Waals surface area contributed by atoms with Crippen LogP contribution in [-0.4, -0.2) is 32.8 Å². The van der Waals surface area contributed by atoms with Gasteiger partial charge in [-0.15, -0.1) is 0 Å². The van der Waals surface area contributed by atoms with Crippen molar-refractivity contribution in [3.63, 3.8) is 0 Å². The maximum atomic E-state index is 12.5. The van der Waals surface area contributed by atoms with Crippen molar-refractivity contribution < 1.29 is 14.7 Å². The van der Waals surface area contributed by atoms with Crippen molar-refractivity contribution in [2.24, 2.45) is 5.92 Å². The zero-order valence-corrected chi connectivity index (χ0v) is 13.1. The summed E-state index contributed by atoms with van der Waals surface area (Å²) >= 11 is 0. The van der Waals surface area contributed by atoms with Crippen LogP contribution in [0.1, 0.15) is 28.8 Å². The third kappa shape index (κ3) is 3.71. The summed E-state index contributed by atoms with van der Waals surface area (Å²) in [6.07, 6.45) is 8.32. The number of rotatable bonds is 5. The first kappa shape index (κ1) is 16.0. The van der Waals surface area contributed by atoms with Gasteiger partial charge in [0.05, 0.1) is 12.5 Å². The standard InChI is InChI=1S/C18H19N3O3/c22-17(20-16-8-2-1-7-15(16)18(23)24)14-6-3-5-13(11-14)12-21-10-4-9-19-21/h1-6,9-11,15-16H,7-8,12H2,(H,20,22)(H,23,24)/t15-,16+/m1/s1. The molecular weight excluding hydrogens is 306 g/mol. The predicted molar refractivity (Wildman–Crippen MR) is 88.5 cm³/mol. The molecule has 0 unspecified atom stereocenters. The Morgan fingerprint density at radius 2 is 2.08 bits per heavy atom. The number of amides is 1. The maximum Gasteiger partial charge on any atom is 0.308 e. The molecule has 1 aromatic heterocycles. The molecule has 1 aliphatic rings. The van der Waals surface area contributed by atoms with Crippen LogP contribution in [0.5, 0.6) is 0 Å². The van der Waals surface area contributed by atoms with E-state index in [2.05, 4.69) is 10.4 Å². The third-order valence-corrected chi connectivity index (χ3v) is 4.16. The van der Waals surface area contributed by atoms with E-state index in [0.29, 0.717) is 24.9 Å². The van der Waals surface area contributed by atoms with Crippen molar-refractivity contribution in [3.05, 3.63) is 66.0 Å². The van der Waals surface area contributed by atoms with E-state index in [4.69, 9.17) is 0 Å². The van der Waals surface area contributed by atoms with Gasteiger partial charge in [-0.3, -0.25) is 14.3 Å². The minimum absolute atomic E-state index is 0.246. The Morgan fingerprint density at radius 3 is 2.83 bits per heavy atom. The molecule has 0 bridgehead atoms. The number of nitrogens with one attached hydrogen (secondary N) is 1. The predicted octanol–water partition coefficient (Wildman–Crippen LogP) is 2.08. The first-order valence-corrected chi connectivity index (χ1v) is 7.88. The monoisotopic (exact) mass is 325 g/mol. The van der Waals surface area contributed by atoms with E-state index in [1.165, 1.54) is 0 Å². The van der Waals surface area contributed by atoms with Gasteiger partial charge >= 0.3 is 5.97 Å². The number of aromatic nitrogens is 2. The molecule has 0 saturated heterocycles. The number of carboxylic acid groups (broad SMARTS) is 1. The Morgan fingerprint density at radius 1 is 1.25 bits per heavy atom. The van der Waals surface area contributed by atoms with Gasteiger partial charge in [-0.05, 0) is 36.6 Å². The molecule has 24 heavy (non-hydrogen) atoms. The molecule has 0 spiro atoms. The van der Waals surface area contributed by atoms with Crippen molar-refractivity contribution in [1.29, 1.82) is 0 Å². The van der Waals surface area contributed by atoms with Gasteiger partial charge in [-0.25, -0.2) is 0 Å². The number of hydrogen-bond donors (Lipinski definition) is 2. The highest BCUT2D eigenvalue weighted by molar-refractivity contribution is 5.94. The van der Waals surface area contributed by atoms with Crippen molar-refractivity contribution in [1.82, 2.24) is 15.1 Å². The lowest BCUT2D eigenvalue weighted by Gasteiger charge is -2.26. The summed E-state index contributed by atoms with van der Waals surface area (Å²) < 4.78 is 1.78. The molecule has 6 heteroatoms. The number of carbonyl (C=O) groups excluding carboxylic acids is 1. The zero-order chi connectivity index (χ0) is 16.9. The van der Waals surface area contributed by atoms with E-state index in [1.54, 1.807) is 16.9 Å². The van der Waals surface area contributed by atoms with Gasteiger partial charge in [0.2, 0.25) is 0 Å². The summed E-state index contributed by atoms with van der Waals surface area (Å²) in [5.74, 6) is -1.70. The topological polar surface area (TPSA) is 84.2 Å². The van der Waals surface area contributed by atoms with E-state index >= 15 is 0 Å². The number of carbonyl (C=O) groups is 2. The number of carboxylic acids is 1. The number of hydrogen-bond acceptors (Lipinski definition) is 3. The second-order valence-corrected chi connectivity index (χ2v) is 5.87. The fourth-order valence-electron chi connectivity index (χ4n) is 2.89. The molecule has 1 aromatic carbocycles. The Kier molecular flexibility index (Phi) is 4.74. The summed E-state index contributed by atoms with van der Waals surface area (Å²) in [4.78, 5) is 23.8. The van der Waals surface area contributed by atoms with Crippen molar-refractivity contribution in [2.45, 2.75) is 25.4 Å². The normalized spacial score (nSPS) is 19.8. The summed E-state index contributed by atoms with van der Waals surface area (Å²) in [6.45, 7) is 0.581. The number of aliphatic carboxylic acids is 1. The van der Waals surface area contributed by atoms with Crippen molar-refractivity contribution in [2.75, 3.05) is 0 Å². The van der Waals surface area contributed by atoms with E-state index in [0.717, 1.165) is 5.56 Å². The fourth-order valence-corrected chi connectivity index (χ4v) is 2.89. The Labute approximate surface area is 139 Å². The molecule has 0 fully saturated rings. The number of nitrogens with zero attached hydrogens (tertiary/aromatic N) is 2. The first-order chi connectivity index (χ1) is 11.6. The highest BCUT2D eigenvalue weighted by Gasteiger charge is 2.29. The highest BCUT2D eigenvalue weighted by Crippen LogP contribution is 2.20. The number of benzene rings is 1. The molecule has 3 rings (SSSR count). The van der Waals surface area contributed by atoms with E-state index in [9.17, 15) is 14.7 Å². The molecule has 124 valence electrons. The lowest BCUT2D eigenvalue weighted by molar-refractivity contribution is -0.142. The average molecular weight is 325 g/mol. The second-order valence-electron chi connectivity index (χ2n) is 5.87. The van der Waals surface area contributed by atoms with Crippen LogP contribution in [0.4, 0.5) is 0 Å². The summed E-state index contributed by atoms with van der Waals surface area (Å²) in [5.41, 5.74) is 1.49. The second kappa shape index (κ2) is 7.12. The average Bonchev–Trinajstić information content (AvgIpc) is 3.08. The molecule has 1 amide bonds. The SMILES string of the molecule is O=C(N[C@H]1CC=CC[C@H]1C(=O)O)c1cccc(Cn2cccn2)c1. The third-order valence-electron chi connectivity index (χ3n) is 4.16. The Hall–Kier alpha value is -2.89. The molecule has 2 aromatic rings. The molecule has 0 saturated carbocycles. The number of allylic oxidation sites excluding steroid dienone is 1. The van der Waals surface area contributed by atoms with Crippen LogP contribution in [0, 0.1) is 5.92 Å². The quantitative estimate of drug-likeness (QED) is 0.824. The first-order valence-electron chi connectivity index (χ1n) is 7.88. The van der Waals surface area contributed by atoms with Gasteiger partial charge in [0.15, 0.2) is 0 Å². The van der Waals surface area contributed by atoms with Crippen LogP contribution in [0.25, 0.3) is 0 Å². The van der Waals surface area contributed by atoms with Crippen LogP contribution in [0.3, 0.4) is 0 Å². The lowest BCUT2D eigenvalue weighted by Crippen LogP contribution is -2.44. The van der Waals surface area contributed by atoms with Crippen LogP contribution >= 0.6 is 0 Å². The molecule has 0 aliphatic heterocycles. The van der Waals surface area contributed by atoms with Gasteiger partial charge in [-0.2, -0.15) is 5.10 Å². The highest BCUT2D eigenvalue weighted by atomic mass is 16.4. The summed E-state index contributed by atoms with van der Waals surface area (Å²) in [5, 5.41) is 16.3. The summed E-state index contributed by atoms with van der Waals surface area (Å²) in [7, 11) is 0. The van der Waals surface area contributed by atoms with E-state index < -0.39 is 11.9 Å². The maximum absolute atomic E-state index is 12.5. The molecule has 0 radical (unpaired) electrons. The van der Waals surface area contributed by atoms with E-state index in [-0.39, 0.29) is 11.9 Å². The van der Waals surface area contributed by atoms with Gasteiger partial charge in [-0.1, -0.05) is 24.3 Å². The van der Waals surface area contributed by atoms with Crippen LogP contribution < -0.4 is 5.32 Å². The zero-order valence-electron chi connectivity index (χ0n) is 13.1. The summed E-state index contributed by atoms with van der Waals surface area (Å²) in [6, 6.07) is 8.77. The van der Waals surface area contributed by atoms with Crippen LogP contribution in [0.2, 0.25) is 0 Å². The van der Waals surface area contributed by atoms with Gasteiger partial charge in [0.25, 0.3) is 5.91 Å². The van der Waals surface area contributed by atoms with Crippen molar-refractivity contribution in [3.8, 4) is 0 Å². The molecule has 1 aliphatic carbocycles. The Bertz CT molecular complexity index is 753. The molecule has 2 atom stereocenters. The molecule has 6 nitrogen and oxygen atoms in total.